The first-order valence-corrected chi connectivity index (χ1v) is 4.90. The van der Waals surface area contributed by atoms with Crippen LogP contribution in [0.25, 0.3) is 0 Å². The maximum atomic E-state index is 11.6. The van der Waals surface area contributed by atoms with E-state index in [1.165, 1.54) is 0 Å². The Labute approximate surface area is 92.2 Å². The molecule has 1 aliphatic rings. The Morgan fingerprint density at radius 3 is 3.00 bits per heavy atom. The lowest BCUT2D eigenvalue weighted by atomic mass is 9.95. The molecule has 0 radical (unpaired) electrons. The minimum atomic E-state index is -0.718. The van der Waals surface area contributed by atoms with Crippen LogP contribution in [0.5, 0.6) is 0 Å². The number of ether oxygens (including phenoxy) is 1. The summed E-state index contributed by atoms with van der Waals surface area (Å²) in [6.07, 6.45) is -0.345. The van der Waals surface area contributed by atoms with Crippen LogP contribution in [0.3, 0.4) is 0 Å². The van der Waals surface area contributed by atoms with Crippen molar-refractivity contribution in [2.75, 3.05) is 0 Å². The third kappa shape index (κ3) is 1.57. The molecule has 76 valence electrons. The Bertz CT molecular complexity index is 476. The summed E-state index contributed by atoms with van der Waals surface area (Å²) >= 11 is 5.98. The Morgan fingerprint density at radius 1 is 1.60 bits per heavy atom. The fourth-order valence-corrected chi connectivity index (χ4v) is 1.95. The fraction of sp³-hybridized carbons (Fsp3) is 0.273. The van der Waals surface area contributed by atoms with Crippen LogP contribution in [-0.2, 0) is 11.2 Å². The van der Waals surface area contributed by atoms with Crippen LogP contribution in [0, 0.1) is 18.3 Å². The maximum Gasteiger partial charge on any atom is 0.340 e. The molecule has 1 aliphatic heterocycles. The number of benzene rings is 1. The minimum absolute atomic E-state index is 0.373. The zero-order chi connectivity index (χ0) is 11.0. The number of carbonyl (C=O) groups excluding carboxylic acids is 1. The SMILES string of the molecule is Cc1ccc(Cl)c2c1C(=O)OC(C#N)C2. The topological polar surface area (TPSA) is 50.1 Å². The van der Waals surface area contributed by atoms with Crippen molar-refractivity contribution in [1.82, 2.24) is 0 Å². The molecule has 15 heavy (non-hydrogen) atoms. The Morgan fingerprint density at radius 2 is 2.33 bits per heavy atom. The van der Waals surface area contributed by atoms with Crippen molar-refractivity contribution >= 4 is 17.6 Å². The third-order valence-electron chi connectivity index (χ3n) is 2.45. The largest absolute Gasteiger partial charge is 0.443 e. The van der Waals surface area contributed by atoms with E-state index in [0.29, 0.717) is 17.0 Å². The molecule has 0 aliphatic carbocycles. The van der Waals surface area contributed by atoms with Crippen LogP contribution in [0.4, 0.5) is 0 Å². The smallest absolute Gasteiger partial charge is 0.340 e. The standard InChI is InChI=1S/C11H8ClNO2/c1-6-2-3-9(12)8-4-7(5-13)15-11(14)10(6)8/h2-3,7H,4H2,1H3. The van der Waals surface area contributed by atoms with Crippen LogP contribution in [0.1, 0.15) is 21.5 Å². The van der Waals surface area contributed by atoms with Crippen molar-refractivity contribution in [2.45, 2.75) is 19.4 Å². The lowest BCUT2D eigenvalue weighted by Crippen LogP contribution is -2.27. The fourth-order valence-electron chi connectivity index (χ4n) is 1.71. The molecule has 0 bridgehead atoms. The maximum absolute atomic E-state index is 11.6. The number of halogens is 1. The third-order valence-corrected chi connectivity index (χ3v) is 2.81. The summed E-state index contributed by atoms with van der Waals surface area (Å²) in [5.41, 5.74) is 2.06. The Balaban J connectivity index is 2.60. The normalized spacial score (nSPS) is 19.0. The van der Waals surface area contributed by atoms with E-state index in [-0.39, 0.29) is 0 Å². The number of cyclic esters (lactones) is 1. The van der Waals surface area contributed by atoms with Gasteiger partial charge in [0.1, 0.15) is 6.07 Å². The van der Waals surface area contributed by atoms with E-state index in [1.807, 2.05) is 13.0 Å². The highest BCUT2D eigenvalue weighted by atomic mass is 35.5. The monoisotopic (exact) mass is 221 g/mol. The number of aryl methyl sites for hydroxylation is 1. The number of rotatable bonds is 0. The molecule has 0 saturated carbocycles. The molecule has 0 N–H and O–H groups in total. The van der Waals surface area contributed by atoms with Crippen molar-refractivity contribution in [3.8, 4) is 6.07 Å². The van der Waals surface area contributed by atoms with Crippen molar-refractivity contribution in [3.63, 3.8) is 0 Å². The number of esters is 1. The van der Waals surface area contributed by atoms with Crippen molar-refractivity contribution in [1.29, 1.82) is 5.26 Å². The highest BCUT2D eigenvalue weighted by Gasteiger charge is 2.29. The first-order valence-electron chi connectivity index (χ1n) is 4.52. The molecule has 4 heteroatoms. The Kier molecular flexibility index (Phi) is 2.37. The number of fused-ring (bicyclic) bond motifs is 1. The highest BCUT2D eigenvalue weighted by molar-refractivity contribution is 6.32. The zero-order valence-electron chi connectivity index (χ0n) is 8.08. The number of carbonyl (C=O) groups is 1. The molecular weight excluding hydrogens is 214 g/mol. The average molecular weight is 222 g/mol. The van der Waals surface area contributed by atoms with Gasteiger partial charge in [-0.2, -0.15) is 5.26 Å². The van der Waals surface area contributed by atoms with Crippen molar-refractivity contribution < 1.29 is 9.53 Å². The zero-order valence-corrected chi connectivity index (χ0v) is 8.84. The van der Waals surface area contributed by atoms with Gasteiger partial charge in [-0.25, -0.2) is 4.79 Å². The lowest BCUT2D eigenvalue weighted by molar-refractivity contribution is 0.0370. The number of nitrogens with zero attached hydrogens (tertiary/aromatic N) is 1. The van der Waals surface area contributed by atoms with Gasteiger partial charge in [0, 0.05) is 11.4 Å². The summed E-state index contributed by atoms with van der Waals surface area (Å²) in [7, 11) is 0. The second-order valence-electron chi connectivity index (χ2n) is 3.45. The summed E-state index contributed by atoms with van der Waals surface area (Å²) in [5, 5.41) is 9.25. The summed E-state index contributed by atoms with van der Waals surface area (Å²) in [4.78, 5) is 11.6. The lowest BCUT2D eigenvalue weighted by Gasteiger charge is -2.22. The minimum Gasteiger partial charge on any atom is -0.443 e. The van der Waals surface area contributed by atoms with Crippen LogP contribution in [0.2, 0.25) is 5.02 Å². The van der Waals surface area contributed by atoms with Gasteiger partial charge in [-0.1, -0.05) is 17.7 Å². The summed E-state index contributed by atoms with van der Waals surface area (Å²) in [6, 6.07) is 5.43. The second kappa shape index (κ2) is 3.56. The van der Waals surface area contributed by atoms with Crippen LogP contribution < -0.4 is 0 Å². The first-order chi connectivity index (χ1) is 7.13. The molecule has 1 unspecified atom stereocenters. The van der Waals surface area contributed by atoms with Crippen LogP contribution >= 0.6 is 11.6 Å². The van der Waals surface area contributed by atoms with Crippen molar-refractivity contribution in [3.05, 3.63) is 33.8 Å². The second-order valence-corrected chi connectivity index (χ2v) is 3.85. The molecule has 1 aromatic rings. The molecular formula is C11H8ClNO2. The quantitative estimate of drug-likeness (QED) is 0.632. The van der Waals surface area contributed by atoms with Crippen LogP contribution in [0.15, 0.2) is 12.1 Å². The first kappa shape index (κ1) is 10.0. The molecule has 0 fully saturated rings. The van der Waals surface area contributed by atoms with Crippen LogP contribution in [-0.4, -0.2) is 12.1 Å². The van der Waals surface area contributed by atoms with Gasteiger partial charge < -0.3 is 4.74 Å². The molecule has 3 nitrogen and oxygen atoms in total. The summed E-state index contributed by atoms with van der Waals surface area (Å²) in [6.45, 7) is 1.82. The van der Waals surface area contributed by atoms with Gasteiger partial charge in [0.2, 0.25) is 0 Å². The van der Waals surface area contributed by atoms with E-state index >= 15 is 0 Å². The van der Waals surface area contributed by atoms with Gasteiger partial charge in [0.15, 0.2) is 6.10 Å². The van der Waals surface area contributed by atoms with Gasteiger partial charge in [-0.3, -0.25) is 0 Å². The molecule has 1 atom stereocenters. The van der Waals surface area contributed by atoms with E-state index in [1.54, 1.807) is 12.1 Å². The molecule has 1 aromatic carbocycles. The summed E-state index contributed by atoms with van der Waals surface area (Å²) < 4.78 is 4.94. The number of hydrogen-bond acceptors (Lipinski definition) is 3. The molecule has 0 spiro atoms. The van der Waals surface area contributed by atoms with Gasteiger partial charge >= 0.3 is 5.97 Å². The molecule has 1 heterocycles. The van der Waals surface area contributed by atoms with E-state index in [2.05, 4.69) is 0 Å². The van der Waals surface area contributed by atoms with Crippen molar-refractivity contribution in [2.24, 2.45) is 0 Å². The Hall–Kier alpha value is -1.53. The van der Waals surface area contributed by atoms with E-state index in [0.717, 1.165) is 11.1 Å². The highest BCUT2D eigenvalue weighted by Crippen LogP contribution is 2.29. The van der Waals surface area contributed by atoms with E-state index < -0.39 is 12.1 Å². The van der Waals surface area contributed by atoms with E-state index in [9.17, 15) is 4.79 Å². The van der Waals surface area contributed by atoms with Gasteiger partial charge in [-0.15, -0.1) is 0 Å². The molecule has 0 amide bonds. The average Bonchev–Trinajstić information content (AvgIpc) is 2.23. The molecule has 0 aromatic heterocycles. The van der Waals surface area contributed by atoms with Gasteiger partial charge in [0.25, 0.3) is 0 Å². The number of nitriles is 1. The molecule has 2 rings (SSSR count). The predicted molar refractivity (Wildman–Crippen MR) is 54.7 cm³/mol. The number of hydrogen-bond donors (Lipinski definition) is 0. The summed E-state index contributed by atoms with van der Waals surface area (Å²) in [5.74, 6) is -0.456. The van der Waals surface area contributed by atoms with Gasteiger partial charge in [0.05, 0.1) is 5.56 Å². The van der Waals surface area contributed by atoms with E-state index in [4.69, 9.17) is 21.6 Å². The molecule has 0 saturated heterocycles. The predicted octanol–water partition coefficient (Wildman–Crippen LogP) is 2.25. The van der Waals surface area contributed by atoms with Gasteiger partial charge in [-0.05, 0) is 24.1 Å².